The van der Waals surface area contributed by atoms with Gasteiger partial charge in [-0.05, 0) is 11.6 Å². The molecule has 0 fully saturated rings. The molecule has 0 saturated heterocycles. The largest absolute Gasteiger partial charge is 0.405 e. The van der Waals surface area contributed by atoms with Crippen molar-refractivity contribution in [2.75, 3.05) is 13.1 Å². The second-order valence-corrected chi connectivity index (χ2v) is 3.36. The lowest BCUT2D eigenvalue weighted by Gasteiger charge is -2.08. The summed E-state index contributed by atoms with van der Waals surface area (Å²) in [5, 5.41) is 4.49. The Hall–Kier alpha value is -1.63. The molecule has 0 radical (unpaired) electrons. The van der Waals surface area contributed by atoms with E-state index >= 15 is 0 Å². The maximum absolute atomic E-state index is 11.8. The molecule has 0 aliphatic rings. The van der Waals surface area contributed by atoms with Crippen LogP contribution in [0.15, 0.2) is 24.5 Å². The molecule has 0 aliphatic carbocycles. The van der Waals surface area contributed by atoms with Gasteiger partial charge in [-0.3, -0.25) is 9.78 Å². The van der Waals surface area contributed by atoms with Crippen molar-refractivity contribution in [2.45, 2.75) is 12.7 Å². The number of hydrogen-bond acceptors (Lipinski definition) is 3. The molecule has 17 heavy (non-hydrogen) atoms. The maximum Gasteiger partial charge on any atom is 0.405 e. The number of alkyl halides is 3. The molecule has 0 spiro atoms. The third-order valence-electron chi connectivity index (χ3n) is 1.82. The quantitative estimate of drug-likeness (QED) is 0.811. The Bertz CT molecular complexity index is 354. The zero-order valence-electron chi connectivity index (χ0n) is 8.92. The first-order valence-corrected chi connectivity index (χ1v) is 4.90. The highest BCUT2D eigenvalue weighted by Gasteiger charge is 2.27. The fourth-order valence-electron chi connectivity index (χ4n) is 1.08. The third-order valence-corrected chi connectivity index (χ3v) is 1.82. The van der Waals surface area contributed by atoms with Crippen LogP contribution in [0.4, 0.5) is 13.2 Å². The van der Waals surface area contributed by atoms with Crippen LogP contribution in [0.25, 0.3) is 0 Å². The van der Waals surface area contributed by atoms with Gasteiger partial charge in [-0.15, -0.1) is 0 Å². The van der Waals surface area contributed by atoms with Crippen molar-refractivity contribution in [2.24, 2.45) is 0 Å². The zero-order valence-corrected chi connectivity index (χ0v) is 8.92. The number of nitrogens with one attached hydrogen (secondary N) is 2. The Morgan fingerprint density at radius 3 is 2.76 bits per heavy atom. The SMILES string of the molecule is O=C(CNCc1cccnc1)NCC(F)(F)F. The highest BCUT2D eigenvalue weighted by atomic mass is 19.4. The normalized spacial score (nSPS) is 11.2. The van der Waals surface area contributed by atoms with Crippen LogP contribution in [0.2, 0.25) is 0 Å². The molecule has 94 valence electrons. The van der Waals surface area contributed by atoms with Gasteiger partial charge in [-0.2, -0.15) is 13.2 Å². The van der Waals surface area contributed by atoms with Crippen molar-refractivity contribution in [1.82, 2.24) is 15.6 Å². The Balaban J connectivity index is 2.17. The van der Waals surface area contributed by atoms with Crippen molar-refractivity contribution in [3.8, 4) is 0 Å². The first-order chi connectivity index (χ1) is 7.97. The number of hydrogen-bond donors (Lipinski definition) is 2. The summed E-state index contributed by atoms with van der Waals surface area (Å²) in [6.07, 6.45) is -1.15. The van der Waals surface area contributed by atoms with Crippen LogP contribution in [-0.4, -0.2) is 30.2 Å². The number of pyridine rings is 1. The number of amides is 1. The van der Waals surface area contributed by atoms with E-state index in [1.807, 2.05) is 0 Å². The van der Waals surface area contributed by atoms with Crippen LogP contribution in [0.5, 0.6) is 0 Å². The molecule has 1 rings (SSSR count). The molecule has 1 amide bonds. The Labute approximate surface area is 96.2 Å². The lowest BCUT2D eigenvalue weighted by molar-refractivity contribution is -0.137. The fourth-order valence-corrected chi connectivity index (χ4v) is 1.08. The van der Waals surface area contributed by atoms with Crippen molar-refractivity contribution >= 4 is 5.91 Å². The van der Waals surface area contributed by atoms with Gasteiger partial charge in [-0.1, -0.05) is 6.07 Å². The Kier molecular flexibility index (Phi) is 4.89. The van der Waals surface area contributed by atoms with E-state index in [9.17, 15) is 18.0 Å². The van der Waals surface area contributed by atoms with Crippen molar-refractivity contribution in [3.63, 3.8) is 0 Å². The standard InChI is InChI=1S/C10H12F3N3O/c11-10(12,13)7-16-9(17)6-15-5-8-2-1-3-14-4-8/h1-4,15H,5-7H2,(H,16,17). The molecular weight excluding hydrogens is 235 g/mol. The zero-order chi connectivity index (χ0) is 12.7. The summed E-state index contributed by atoms with van der Waals surface area (Å²) < 4.78 is 35.3. The summed E-state index contributed by atoms with van der Waals surface area (Å²) in [6.45, 7) is -1.08. The van der Waals surface area contributed by atoms with Gasteiger partial charge in [0.25, 0.3) is 0 Å². The second kappa shape index (κ2) is 6.19. The van der Waals surface area contributed by atoms with Crippen molar-refractivity contribution in [3.05, 3.63) is 30.1 Å². The molecule has 0 atom stereocenters. The summed E-state index contributed by atoms with van der Waals surface area (Å²) in [5.74, 6) is -0.689. The minimum Gasteiger partial charge on any atom is -0.346 e. The van der Waals surface area contributed by atoms with E-state index in [0.717, 1.165) is 5.56 Å². The molecule has 0 unspecified atom stereocenters. The van der Waals surface area contributed by atoms with E-state index in [0.29, 0.717) is 6.54 Å². The van der Waals surface area contributed by atoms with Crippen LogP contribution in [0.3, 0.4) is 0 Å². The average Bonchev–Trinajstić information content (AvgIpc) is 2.27. The lowest BCUT2D eigenvalue weighted by Crippen LogP contribution is -2.39. The minimum atomic E-state index is -4.38. The predicted octanol–water partition coefficient (Wildman–Crippen LogP) is 0.850. The molecule has 4 nitrogen and oxygen atoms in total. The molecule has 0 bridgehead atoms. The molecule has 0 aromatic carbocycles. The molecule has 7 heteroatoms. The smallest absolute Gasteiger partial charge is 0.346 e. The first kappa shape index (κ1) is 13.4. The van der Waals surface area contributed by atoms with Gasteiger partial charge >= 0.3 is 6.18 Å². The van der Waals surface area contributed by atoms with E-state index in [1.54, 1.807) is 29.8 Å². The van der Waals surface area contributed by atoms with E-state index in [4.69, 9.17) is 0 Å². The maximum atomic E-state index is 11.8. The van der Waals surface area contributed by atoms with Crippen LogP contribution in [0, 0.1) is 0 Å². The number of nitrogens with zero attached hydrogens (tertiary/aromatic N) is 1. The molecular formula is C10H12F3N3O. The lowest BCUT2D eigenvalue weighted by atomic mass is 10.3. The van der Waals surface area contributed by atoms with Gasteiger partial charge < -0.3 is 10.6 Å². The van der Waals surface area contributed by atoms with Crippen LogP contribution >= 0.6 is 0 Å². The number of aromatic nitrogens is 1. The van der Waals surface area contributed by atoms with E-state index in [2.05, 4.69) is 10.3 Å². The average molecular weight is 247 g/mol. The van der Waals surface area contributed by atoms with Gasteiger partial charge in [0.1, 0.15) is 6.54 Å². The van der Waals surface area contributed by atoms with Gasteiger partial charge in [0.05, 0.1) is 6.54 Å². The van der Waals surface area contributed by atoms with Crippen molar-refractivity contribution in [1.29, 1.82) is 0 Å². The van der Waals surface area contributed by atoms with Crippen LogP contribution in [0.1, 0.15) is 5.56 Å². The van der Waals surface area contributed by atoms with Gasteiger partial charge in [-0.25, -0.2) is 0 Å². The van der Waals surface area contributed by atoms with Crippen LogP contribution in [-0.2, 0) is 11.3 Å². The minimum absolute atomic E-state index is 0.162. The highest BCUT2D eigenvalue weighted by Crippen LogP contribution is 2.11. The predicted molar refractivity (Wildman–Crippen MR) is 55.0 cm³/mol. The summed E-state index contributed by atoms with van der Waals surface area (Å²) >= 11 is 0. The Morgan fingerprint density at radius 1 is 1.41 bits per heavy atom. The molecule has 1 aromatic heterocycles. The van der Waals surface area contributed by atoms with Crippen LogP contribution < -0.4 is 10.6 Å². The molecule has 0 aliphatic heterocycles. The monoisotopic (exact) mass is 247 g/mol. The number of carbonyl (C=O) groups excluding carboxylic acids is 1. The number of halogens is 3. The fraction of sp³-hybridized carbons (Fsp3) is 0.400. The summed E-state index contributed by atoms with van der Waals surface area (Å²) in [6, 6.07) is 3.54. The topological polar surface area (TPSA) is 54.0 Å². The molecule has 0 saturated carbocycles. The van der Waals surface area contributed by atoms with E-state index in [1.165, 1.54) is 0 Å². The third kappa shape index (κ3) is 6.52. The first-order valence-electron chi connectivity index (χ1n) is 4.90. The molecule has 1 aromatic rings. The number of carbonyl (C=O) groups is 1. The summed E-state index contributed by atoms with van der Waals surface area (Å²) in [4.78, 5) is 14.9. The van der Waals surface area contributed by atoms with Gasteiger partial charge in [0, 0.05) is 18.9 Å². The second-order valence-electron chi connectivity index (χ2n) is 3.36. The highest BCUT2D eigenvalue weighted by molar-refractivity contribution is 5.77. The summed E-state index contributed by atoms with van der Waals surface area (Å²) in [7, 11) is 0. The van der Waals surface area contributed by atoms with Gasteiger partial charge in [0.15, 0.2) is 0 Å². The van der Waals surface area contributed by atoms with E-state index < -0.39 is 18.6 Å². The van der Waals surface area contributed by atoms with Crippen molar-refractivity contribution < 1.29 is 18.0 Å². The number of rotatable bonds is 5. The summed E-state index contributed by atoms with van der Waals surface area (Å²) in [5.41, 5.74) is 0.858. The molecule has 2 N–H and O–H groups in total. The van der Waals surface area contributed by atoms with E-state index in [-0.39, 0.29) is 6.54 Å². The van der Waals surface area contributed by atoms with Gasteiger partial charge in [0.2, 0.25) is 5.91 Å². The Morgan fingerprint density at radius 2 is 2.18 bits per heavy atom. The molecule has 1 heterocycles.